The lowest BCUT2D eigenvalue weighted by Gasteiger charge is -2.30. The number of nitrogens with two attached hydrogens (primary N) is 1. The zero-order chi connectivity index (χ0) is 15.7. The van der Waals surface area contributed by atoms with E-state index in [1.54, 1.807) is 4.90 Å². The number of amides is 3. The predicted octanol–water partition coefficient (Wildman–Crippen LogP) is 0.925. The number of urea groups is 1. The van der Waals surface area contributed by atoms with Crippen LogP contribution in [0.25, 0.3) is 0 Å². The lowest BCUT2D eigenvalue weighted by atomic mass is 10.2. The highest BCUT2D eigenvalue weighted by atomic mass is 16.4. The Bertz CT molecular complexity index is 347. The second kappa shape index (κ2) is 9.17. The quantitative estimate of drug-likeness (QED) is 0.585. The van der Waals surface area contributed by atoms with Gasteiger partial charge >= 0.3 is 12.0 Å². The van der Waals surface area contributed by atoms with Crippen molar-refractivity contribution in [3.05, 3.63) is 0 Å². The Morgan fingerprint density at radius 2 is 1.90 bits per heavy atom. The van der Waals surface area contributed by atoms with E-state index in [-0.39, 0.29) is 6.04 Å². The van der Waals surface area contributed by atoms with Crippen molar-refractivity contribution in [2.24, 2.45) is 5.73 Å². The van der Waals surface area contributed by atoms with Crippen LogP contribution in [-0.4, -0.2) is 46.5 Å². The van der Waals surface area contributed by atoms with Crippen LogP contribution in [0.15, 0.2) is 0 Å². The highest BCUT2D eigenvalue weighted by Crippen LogP contribution is 2.07. The van der Waals surface area contributed by atoms with Crippen LogP contribution in [0.5, 0.6) is 0 Å². The van der Waals surface area contributed by atoms with Crippen LogP contribution in [0.3, 0.4) is 0 Å². The van der Waals surface area contributed by atoms with Crippen molar-refractivity contribution in [3.8, 4) is 0 Å². The summed E-state index contributed by atoms with van der Waals surface area (Å²) in [7, 11) is 0. The van der Waals surface area contributed by atoms with Gasteiger partial charge in [0.2, 0.25) is 5.91 Å². The molecule has 0 fully saturated rings. The first kappa shape index (κ1) is 18.2. The number of primary amides is 1. The minimum absolute atomic E-state index is 0.00423. The summed E-state index contributed by atoms with van der Waals surface area (Å²) >= 11 is 0. The summed E-state index contributed by atoms with van der Waals surface area (Å²) in [5.41, 5.74) is 4.98. The van der Waals surface area contributed by atoms with Gasteiger partial charge in [-0.1, -0.05) is 20.3 Å². The summed E-state index contributed by atoms with van der Waals surface area (Å²) in [5, 5.41) is 11.3. The summed E-state index contributed by atoms with van der Waals surface area (Å²) < 4.78 is 0. The Morgan fingerprint density at radius 3 is 2.30 bits per heavy atom. The zero-order valence-corrected chi connectivity index (χ0v) is 12.4. The topological polar surface area (TPSA) is 113 Å². The van der Waals surface area contributed by atoms with Crippen molar-refractivity contribution in [2.75, 3.05) is 6.54 Å². The van der Waals surface area contributed by atoms with Gasteiger partial charge in [-0.2, -0.15) is 0 Å². The maximum absolute atomic E-state index is 12.1. The van der Waals surface area contributed by atoms with E-state index in [2.05, 4.69) is 5.32 Å². The third-order valence-corrected chi connectivity index (χ3v) is 3.14. The third kappa shape index (κ3) is 6.40. The Balaban J connectivity index is 4.77. The molecule has 7 heteroatoms. The van der Waals surface area contributed by atoms with Crippen LogP contribution in [-0.2, 0) is 9.59 Å². The largest absolute Gasteiger partial charge is 0.480 e. The SMILES string of the molecule is CCCCN(C(=O)N[C@@H](CC(N)=O)C(=O)O)C(C)CC. The van der Waals surface area contributed by atoms with Gasteiger partial charge in [0.1, 0.15) is 6.04 Å². The van der Waals surface area contributed by atoms with Crippen molar-refractivity contribution >= 4 is 17.9 Å². The highest BCUT2D eigenvalue weighted by Gasteiger charge is 2.26. The van der Waals surface area contributed by atoms with Gasteiger partial charge in [-0.15, -0.1) is 0 Å². The summed E-state index contributed by atoms with van der Waals surface area (Å²) in [4.78, 5) is 35.6. The summed E-state index contributed by atoms with van der Waals surface area (Å²) in [5.74, 6) is -2.03. The number of rotatable bonds is 9. The highest BCUT2D eigenvalue weighted by molar-refractivity contribution is 5.87. The van der Waals surface area contributed by atoms with Crippen molar-refractivity contribution in [3.63, 3.8) is 0 Å². The van der Waals surface area contributed by atoms with Gasteiger partial charge in [0.15, 0.2) is 0 Å². The zero-order valence-electron chi connectivity index (χ0n) is 12.4. The number of carboxylic acid groups (broad SMARTS) is 1. The Hall–Kier alpha value is -1.79. The van der Waals surface area contributed by atoms with Gasteiger partial charge in [-0.05, 0) is 19.8 Å². The first-order chi connectivity index (χ1) is 9.33. The molecule has 20 heavy (non-hydrogen) atoms. The molecule has 4 N–H and O–H groups in total. The molecule has 3 amide bonds. The number of hydrogen-bond acceptors (Lipinski definition) is 3. The summed E-state index contributed by atoms with van der Waals surface area (Å²) in [6.07, 6.45) is 2.13. The molecule has 0 aliphatic carbocycles. The van der Waals surface area contributed by atoms with Crippen molar-refractivity contribution in [2.45, 2.75) is 58.5 Å². The van der Waals surface area contributed by atoms with E-state index in [1.165, 1.54) is 0 Å². The Kier molecular flexibility index (Phi) is 8.35. The molecule has 0 aromatic rings. The first-order valence-corrected chi connectivity index (χ1v) is 6.91. The molecule has 0 saturated heterocycles. The number of nitrogens with one attached hydrogen (secondary N) is 1. The normalized spacial score (nSPS) is 13.3. The summed E-state index contributed by atoms with van der Waals surface area (Å²) in [6.45, 7) is 6.42. The number of unbranched alkanes of at least 4 members (excludes halogenated alkanes) is 1. The number of nitrogens with zero attached hydrogens (tertiary/aromatic N) is 1. The van der Waals surface area contributed by atoms with Crippen LogP contribution in [0, 0.1) is 0 Å². The number of aliphatic carboxylic acids is 1. The van der Waals surface area contributed by atoms with Crippen LogP contribution in [0.1, 0.15) is 46.5 Å². The molecule has 2 atom stereocenters. The number of hydrogen-bond donors (Lipinski definition) is 3. The molecule has 7 nitrogen and oxygen atoms in total. The Morgan fingerprint density at radius 1 is 1.30 bits per heavy atom. The monoisotopic (exact) mass is 287 g/mol. The molecule has 116 valence electrons. The number of carbonyl (C=O) groups is 3. The minimum atomic E-state index is -1.28. The molecular formula is C13H25N3O4. The molecule has 0 aliphatic rings. The molecule has 0 aromatic heterocycles. The molecule has 0 saturated carbocycles. The van der Waals surface area contributed by atoms with E-state index in [1.807, 2.05) is 20.8 Å². The van der Waals surface area contributed by atoms with Gasteiger partial charge in [-0.3, -0.25) is 4.79 Å². The second-order valence-electron chi connectivity index (χ2n) is 4.81. The first-order valence-electron chi connectivity index (χ1n) is 6.91. The smallest absolute Gasteiger partial charge is 0.326 e. The Labute approximate surface area is 119 Å². The molecule has 0 aromatic carbocycles. The van der Waals surface area contributed by atoms with Crippen LogP contribution < -0.4 is 11.1 Å². The van der Waals surface area contributed by atoms with Crippen molar-refractivity contribution in [1.82, 2.24) is 10.2 Å². The van der Waals surface area contributed by atoms with Gasteiger partial charge in [-0.25, -0.2) is 9.59 Å². The van der Waals surface area contributed by atoms with Gasteiger partial charge in [0.25, 0.3) is 0 Å². The van der Waals surface area contributed by atoms with Crippen molar-refractivity contribution in [1.29, 1.82) is 0 Å². The van der Waals surface area contributed by atoms with Gasteiger partial charge < -0.3 is 21.1 Å². The standard InChI is InChI=1S/C13H25N3O4/c1-4-6-7-16(9(3)5-2)13(20)15-10(12(18)19)8-11(14)17/h9-10H,4-8H2,1-3H3,(H2,14,17)(H,15,20)(H,18,19)/t9?,10-/m0/s1. The molecule has 0 rings (SSSR count). The van der Waals surface area contributed by atoms with E-state index in [0.717, 1.165) is 19.3 Å². The number of carboxylic acids is 1. The second-order valence-corrected chi connectivity index (χ2v) is 4.81. The molecule has 0 radical (unpaired) electrons. The van der Waals surface area contributed by atoms with E-state index >= 15 is 0 Å². The van der Waals surface area contributed by atoms with E-state index in [0.29, 0.717) is 6.54 Å². The summed E-state index contributed by atoms with van der Waals surface area (Å²) in [6, 6.07) is -1.75. The maximum Gasteiger partial charge on any atom is 0.326 e. The fourth-order valence-electron chi connectivity index (χ4n) is 1.70. The van der Waals surface area contributed by atoms with Gasteiger partial charge in [0, 0.05) is 12.6 Å². The molecule has 1 unspecified atom stereocenters. The molecule has 0 heterocycles. The maximum atomic E-state index is 12.1. The average Bonchev–Trinajstić information content (AvgIpc) is 2.37. The molecule has 0 spiro atoms. The molecule has 0 bridgehead atoms. The lowest BCUT2D eigenvalue weighted by Crippen LogP contribution is -2.51. The molecular weight excluding hydrogens is 262 g/mol. The van der Waals surface area contributed by atoms with Gasteiger partial charge in [0.05, 0.1) is 6.42 Å². The van der Waals surface area contributed by atoms with E-state index < -0.39 is 30.4 Å². The average molecular weight is 287 g/mol. The third-order valence-electron chi connectivity index (χ3n) is 3.14. The van der Waals surface area contributed by atoms with Crippen LogP contribution in [0.2, 0.25) is 0 Å². The van der Waals surface area contributed by atoms with Crippen molar-refractivity contribution < 1.29 is 19.5 Å². The predicted molar refractivity (Wildman–Crippen MR) is 75.1 cm³/mol. The van der Waals surface area contributed by atoms with Crippen LogP contribution in [0.4, 0.5) is 4.79 Å². The van der Waals surface area contributed by atoms with E-state index in [4.69, 9.17) is 10.8 Å². The number of carbonyl (C=O) groups excluding carboxylic acids is 2. The molecule has 0 aliphatic heterocycles. The minimum Gasteiger partial charge on any atom is -0.480 e. The lowest BCUT2D eigenvalue weighted by molar-refractivity contribution is -0.141. The van der Waals surface area contributed by atoms with Crippen LogP contribution >= 0.6 is 0 Å². The van der Waals surface area contributed by atoms with E-state index in [9.17, 15) is 14.4 Å². The fraction of sp³-hybridized carbons (Fsp3) is 0.769. The fourth-order valence-corrected chi connectivity index (χ4v) is 1.70.